The molecule has 15 heavy (non-hydrogen) atoms. The van der Waals surface area contributed by atoms with E-state index in [4.69, 9.17) is 0 Å². The third-order valence-corrected chi connectivity index (χ3v) is 2.24. The fourth-order valence-corrected chi connectivity index (χ4v) is 1.45. The molecule has 0 spiro atoms. The minimum atomic E-state index is 0.261. The summed E-state index contributed by atoms with van der Waals surface area (Å²) in [4.78, 5) is 7.92. The Morgan fingerprint density at radius 3 is 2.40 bits per heavy atom. The number of nitrogens with zero attached hydrogens (tertiary/aromatic N) is 2. The van der Waals surface area contributed by atoms with Crippen molar-refractivity contribution in [3.8, 4) is 0 Å². The Balaban J connectivity index is 2.08. The molecule has 1 atom stereocenters. The van der Waals surface area contributed by atoms with Crippen LogP contribution < -0.4 is 5.32 Å². The first-order chi connectivity index (χ1) is 7.36. The van der Waals surface area contributed by atoms with Crippen molar-refractivity contribution in [2.24, 2.45) is 0 Å². The van der Waals surface area contributed by atoms with Gasteiger partial charge in [0.05, 0.1) is 18.1 Å². The number of hydrogen-bond donors (Lipinski definition) is 1. The molecule has 0 bridgehead atoms. The van der Waals surface area contributed by atoms with E-state index < -0.39 is 0 Å². The lowest BCUT2D eigenvalue weighted by Crippen LogP contribution is -2.06. The molecule has 0 saturated carbocycles. The predicted octanol–water partition coefficient (Wildman–Crippen LogP) is 2.65. The fourth-order valence-electron chi connectivity index (χ4n) is 1.45. The Kier molecular flexibility index (Phi) is 2.93. The van der Waals surface area contributed by atoms with Gasteiger partial charge in [-0.15, -0.1) is 0 Å². The molecule has 3 nitrogen and oxygen atoms in total. The van der Waals surface area contributed by atoms with Gasteiger partial charge in [-0.2, -0.15) is 0 Å². The van der Waals surface area contributed by atoms with Crippen LogP contribution in [-0.4, -0.2) is 9.97 Å². The SMILES string of the molecule is C[C@H](Nc1cncnc1)c1ccccc1. The van der Waals surface area contributed by atoms with Crippen molar-refractivity contribution >= 4 is 5.69 Å². The summed E-state index contributed by atoms with van der Waals surface area (Å²) >= 11 is 0. The lowest BCUT2D eigenvalue weighted by Gasteiger charge is -2.14. The largest absolute Gasteiger partial charge is 0.376 e. The summed E-state index contributed by atoms with van der Waals surface area (Å²) in [5.41, 5.74) is 2.19. The standard InChI is InChI=1S/C12H13N3/c1-10(11-5-3-2-4-6-11)15-12-7-13-9-14-8-12/h2-10,15H,1H3/t10-/m0/s1. The Morgan fingerprint density at radius 1 is 1.07 bits per heavy atom. The first kappa shape index (κ1) is 9.65. The van der Waals surface area contributed by atoms with Crippen molar-refractivity contribution in [3.05, 3.63) is 54.6 Å². The molecule has 1 N–H and O–H groups in total. The van der Waals surface area contributed by atoms with Gasteiger partial charge in [0.25, 0.3) is 0 Å². The zero-order valence-electron chi connectivity index (χ0n) is 8.59. The van der Waals surface area contributed by atoms with Crippen LogP contribution in [0.5, 0.6) is 0 Å². The number of rotatable bonds is 3. The molecule has 2 aromatic rings. The summed E-state index contributed by atoms with van der Waals surface area (Å²) in [6.07, 6.45) is 5.07. The summed E-state index contributed by atoms with van der Waals surface area (Å²) in [5.74, 6) is 0. The monoisotopic (exact) mass is 199 g/mol. The van der Waals surface area contributed by atoms with E-state index in [1.54, 1.807) is 12.4 Å². The van der Waals surface area contributed by atoms with Gasteiger partial charge in [-0.1, -0.05) is 30.3 Å². The van der Waals surface area contributed by atoms with Gasteiger partial charge in [0.15, 0.2) is 0 Å². The molecule has 1 aromatic carbocycles. The molecule has 0 aliphatic carbocycles. The quantitative estimate of drug-likeness (QED) is 0.825. The maximum absolute atomic E-state index is 3.96. The summed E-state index contributed by atoms with van der Waals surface area (Å²) in [5, 5.41) is 3.33. The van der Waals surface area contributed by atoms with Gasteiger partial charge in [0.1, 0.15) is 6.33 Å². The van der Waals surface area contributed by atoms with Gasteiger partial charge in [-0.3, -0.25) is 0 Å². The molecule has 1 heterocycles. The van der Waals surface area contributed by atoms with E-state index in [0.717, 1.165) is 5.69 Å². The molecule has 3 heteroatoms. The number of benzene rings is 1. The minimum absolute atomic E-state index is 0.261. The van der Waals surface area contributed by atoms with E-state index in [0.29, 0.717) is 0 Å². The highest BCUT2D eigenvalue weighted by molar-refractivity contribution is 5.40. The third kappa shape index (κ3) is 2.53. The number of anilines is 1. The van der Waals surface area contributed by atoms with Gasteiger partial charge < -0.3 is 5.32 Å². The summed E-state index contributed by atoms with van der Waals surface area (Å²) in [7, 11) is 0. The second-order valence-corrected chi connectivity index (χ2v) is 3.40. The van der Waals surface area contributed by atoms with E-state index in [-0.39, 0.29) is 6.04 Å². The van der Waals surface area contributed by atoms with Gasteiger partial charge in [-0.05, 0) is 12.5 Å². The van der Waals surface area contributed by atoms with Crippen LogP contribution in [-0.2, 0) is 0 Å². The van der Waals surface area contributed by atoms with Gasteiger partial charge in [-0.25, -0.2) is 9.97 Å². The lowest BCUT2D eigenvalue weighted by molar-refractivity contribution is 0.880. The van der Waals surface area contributed by atoms with Crippen molar-refractivity contribution in [2.75, 3.05) is 5.32 Å². The molecule has 0 radical (unpaired) electrons. The van der Waals surface area contributed by atoms with E-state index >= 15 is 0 Å². The molecule has 0 amide bonds. The average molecular weight is 199 g/mol. The van der Waals surface area contributed by atoms with Crippen molar-refractivity contribution in [1.29, 1.82) is 0 Å². The highest BCUT2D eigenvalue weighted by Gasteiger charge is 2.03. The first-order valence-electron chi connectivity index (χ1n) is 4.93. The van der Waals surface area contributed by atoms with Crippen molar-refractivity contribution in [1.82, 2.24) is 9.97 Å². The van der Waals surface area contributed by atoms with Crippen molar-refractivity contribution in [3.63, 3.8) is 0 Å². The normalized spacial score (nSPS) is 12.1. The molecule has 1 aromatic heterocycles. The number of hydrogen-bond acceptors (Lipinski definition) is 3. The van der Waals surface area contributed by atoms with Gasteiger partial charge in [0.2, 0.25) is 0 Å². The van der Waals surface area contributed by atoms with Crippen LogP contribution in [0.25, 0.3) is 0 Å². The maximum atomic E-state index is 3.96. The van der Waals surface area contributed by atoms with Crippen LogP contribution in [0.15, 0.2) is 49.1 Å². The van der Waals surface area contributed by atoms with Crippen LogP contribution in [0.2, 0.25) is 0 Å². The van der Waals surface area contributed by atoms with E-state index in [1.165, 1.54) is 11.9 Å². The average Bonchev–Trinajstić information content (AvgIpc) is 2.31. The smallest absolute Gasteiger partial charge is 0.115 e. The Labute approximate surface area is 89.2 Å². The minimum Gasteiger partial charge on any atom is -0.376 e. The summed E-state index contributed by atoms with van der Waals surface area (Å²) < 4.78 is 0. The molecule has 2 rings (SSSR count). The fraction of sp³-hybridized carbons (Fsp3) is 0.167. The molecule has 0 aliphatic rings. The molecule has 0 aliphatic heterocycles. The summed E-state index contributed by atoms with van der Waals surface area (Å²) in [6, 6.07) is 10.5. The Morgan fingerprint density at radius 2 is 1.73 bits per heavy atom. The van der Waals surface area contributed by atoms with Crippen LogP contribution in [0.4, 0.5) is 5.69 Å². The first-order valence-corrected chi connectivity index (χ1v) is 4.93. The van der Waals surface area contributed by atoms with Gasteiger partial charge >= 0.3 is 0 Å². The van der Waals surface area contributed by atoms with Crippen LogP contribution in [0.3, 0.4) is 0 Å². The third-order valence-electron chi connectivity index (χ3n) is 2.24. The molecule has 0 fully saturated rings. The number of nitrogens with one attached hydrogen (secondary N) is 1. The lowest BCUT2D eigenvalue weighted by atomic mass is 10.1. The topological polar surface area (TPSA) is 37.8 Å². The van der Waals surface area contributed by atoms with Crippen molar-refractivity contribution in [2.45, 2.75) is 13.0 Å². The molecular weight excluding hydrogens is 186 g/mol. The summed E-state index contributed by atoms with van der Waals surface area (Å²) in [6.45, 7) is 2.11. The van der Waals surface area contributed by atoms with Gasteiger partial charge in [0, 0.05) is 6.04 Å². The number of aromatic nitrogens is 2. The Hall–Kier alpha value is -1.90. The predicted molar refractivity (Wildman–Crippen MR) is 60.5 cm³/mol. The van der Waals surface area contributed by atoms with E-state index in [1.807, 2.05) is 18.2 Å². The van der Waals surface area contributed by atoms with Crippen LogP contribution >= 0.6 is 0 Å². The highest BCUT2D eigenvalue weighted by atomic mass is 15.0. The molecular formula is C12H13N3. The zero-order chi connectivity index (χ0) is 10.5. The van der Waals surface area contributed by atoms with Crippen LogP contribution in [0.1, 0.15) is 18.5 Å². The van der Waals surface area contributed by atoms with Crippen LogP contribution in [0, 0.1) is 0 Å². The molecule has 0 unspecified atom stereocenters. The Bertz CT molecular complexity index is 400. The second-order valence-electron chi connectivity index (χ2n) is 3.40. The van der Waals surface area contributed by atoms with E-state index in [2.05, 4.69) is 34.3 Å². The highest BCUT2D eigenvalue weighted by Crippen LogP contribution is 2.16. The zero-order valence-corrected chi connectivity index (χ0v) is 8.59. The maximum Gasteiger partial charge on any atom is 0.115 e. The van der Waals surface area contributed by atoms with E-state index in [9.17, 15) is 0 Å². The molecule has 76 valence electrons. The van der Waals surface area contributed by atoms with Crippen molar-refractivity contribution < 1.29 is 0 Å². The second kappa shape index (κ2) is 4.55. The molecule has 0 saturated heterocycles.